The number of fused-ring (bicyclic) bond motifs is 1. The number of aliphatic hydroxyl groups is 1. The molecule has 37 heavy (non-hydrogen) atoms. The van der Waals surface area contributed by atoms with Crippen molar-refractivity contribution in [1.29, 1.82) is 0 Å². The molecule has 0 radical (unpaired) electrons. The molecule has 0 aromatic heterocycles. The maximum Gasteiger partial charge on any atom is 0.300 e. The number of aliphatic hydroxyl groups excluding tert-OH is 1. The highest BCUT2D eigenvalue weighted by Crippen LogP contribution is 2.43. The van der Waals surface area contributed by atoms with Crippen LogP contribution in [0.1, 0.15) is 36.6 Å². The van der Waals surface area contributed by atoms with Crippen LogP contribution in [-0.2, 0) is 16.0 Å². The van der Waals surface area contributed by atoms with Crippen LogP contribution >= 0.6 is 0 Å². The lowest BCUT2D eigenvalue weighted by Crippen LogP contribution is -2.29. The van der Waals surface area contributed by atoms with E-state index in [2.05, 4.69) is 18.7 Å². The topological polar surface area (TPSA) is 79.3 Å². The van der Waals surface area contributed by atoms with E-state index in [4.69, 9.17) is 9.47 Å². The lowest BCUT2D eigenvalue weighted by Gasteiger charge is -2.27. The number of carbonyl (C=O) groups excluding carboxylic acids is 2. The van der Waals surface area contributed by atoms with Gasteiger partial charge in [0.1, 0.15) is 17.3 Å². The normalized spacial score (nSPS) is 18.0. The van der Waals surface area contributed by atoms with Gasteiger partial charge < -0.3 is 19.5 Å². The molecule has 0 saturated carbocycles. The number of carbonyl (C=O) groups is 2. The molecule has 2 heterocycles. The number of benzene rings is 3. The summed E-state index contributed by atoms with van der Waals surface area (Å²) in [6.45, 7) is 6.49. The van der Waals surface area contributed by atoms with E-state index in [1.165, 1.54) is 4.90 Å². The number of ether oxygens (including phenoxy) is 2. The maximum absolute atomic E-state index is 13.5. The van der Waals surface area contributed by atoms with E-state index in [0.717, 1.165) is 42.1 Å². The summed E-state index contributed by atoms with van der Waals surface area (Å²) in [5.74, 6) is -0.283. The highest BCUT2D eigenvalue weighted by molar-refractivity contribution is 6.51. The number of hydrogen-bond acceptors (Lipinski definition) is 6. The highest BCUT2D eigenvalue weighted by atomic mass is 16.5. The van der Waals surface area contributed by atoms with Crippen molar-refractivity contribution in [3.8, 4) is 11.5 Å². The first-order valence-corrected chi connectivity index (χ1v) is 12.5. The molecule has 1 saturated heterocycles. The van der Waals surface area contributed by atoms with E-state index in [9.17, 15) is 14.7 Å². The number of ketones is 1. The molecule has 2 aliphatic rings. The molecule has 1 unspecified atom stereocenters. The second-order valence-electron chi connectivity index (χ2n) is 9.06. The maximum atomic E-state index is 13.5. The van der Waals surface area contributed by atoms with E-state index in [0.29, 0.717) is 23.6 Å². The van der Waals surface area contributed by atoms with E-state index in [1.54, 1.807) is 43.5 Å². The van der Waals surface area contributed by atoms with Gasteiger partial charge in [-0.1, -0.05) is 18.2 Å². The average Bonchev–Trinajstić information content (AvgIpc) is 3.51. The van der Waals surface area contributed by atoms with Gasteiger partial charge in [-0.15, -0.1) is 0 Å². The van der Waals surface area contributed by atoms with Gasteiger partial charge in [0.25, 0.3) is 11.7 Å². The second kappa shape index (κ2) is 10.0. The zero-order valence-electron chi connectivity index (χ0n) is 21.2. The summed E-state index contributed by atoms with van der Waals surface area (Å²) >= 11 is 0. The molecule has 1 amide bonds. The molecule has 5 rings (SSSR count). The van der Waals surface area contributed by atoms with Gasteiger partial charge in [-0.3, -0.25) is 14.5 Å². The molecule has 0 aliphatic carbocycles. The van der Waals surface area contributed by atoms with Crippen molar-refractivity contribution in [2.24, 2.45) is 0 Å². The Kier molecular flexibility index (Phi) is 6.61. The van der Waals surface area contributed by atoms with Crippen LogP contribution in [0.25, 0.3) is 5.76 Å². The van der Waals surface area contributed by atoms with Gasteiger partial charge in [0.05, 0.1) is 25.3 Å². The predicted molar refractivity (Wildman–Crippen MR) is 143 cm³/mol. The second-order valence-corrected chi connectivity index (χ2v) is 9.06. The summed E-state index contributed by atoms with van der Waals surface area (Å²) in [6.07, 6.45) is 0.727. The summed E-state index contributed by atoms with van der Waals surface area (Å²) in [5.41, 5.74) is 3.79. The zero-order chi connectivity index (χ0) is 26.1. The predicted octanol–water partition coefficient (Wildman–Crippen LogP) is 5.10. The lowest BCUT2D eigenvalue weighted by atomic mass is 9.94. The minimum absolute atomic E-state index is 0.0577. The molecule has 1 atom stereocenters. The molecule has 0 bridgehead atoms. The molecule has 1 fully saturated rings. The Bertz CT molecular complexity index is 1370. The fourth-order valence-corrected chi connectivity index (χ4v) is 5.12. The van der Waals surface area contributed by atoms with Gasteiger partial charge >= 0.3 is 0 Å². The Labute approximate surface area is 216 Å². The van der Waals surface area contributed by atoms with Crippen LogP contribution in [0.3, 0.4) is 0 Å². The van der Waals surface area contributed by atoms with Crippen molar-refractivity contribution in [3.63, 3.8) is 0 Å². The highest BCUT2D eigenvalue weighted by Gasteiger charge is 2.47. The van der Waals surface area contributed by atoms with E-state index in [1.807, 2.05) is 30.3 Å². The first-order valence-electron chi connectivity index (χ1n) is 12.5. The van der Waals surface area contributed by atoms with Gasteiger partial charge in [-0.2, -0.15) is 0 Å². The minimum Gasteiger partial charge on any atom is -0.507 e. The van der Waals surface area contributed by atoms with Crippen LogP contribution in [-0.4, -0.2) is 43.6 Å². The van der Waals surface area contributed by atoms with Gasteiger partial charge in [-0.25, -0.2) is 0 Å². The SMILES string of the molecule is CCN(CC)c1ccc(C2/C(=C(/O)c3ccc4c(c3)CCO4)C(=O)C(=O)N2c2cccc(OC)c2)cc1. The minimum atomic E-state index is -0.803. The number of nitrogens with zero attached hydrogens (tertiary/aromatic N) is 2. The quantitative estimate of drug-likeness (QED) is 0.277. The molecule has 7 heteroatoms. The molecule has 190 valence electrons. The molecule has 0 spiro atoms. The van der Waals surface area contributed by atoms with Gasteiger partial charge in [0.2, 0.25) is 0 Å². The number of methoxy groups -OCH3 is 1. The zero-order valence-corrected chi connectivity index (χ0v) is 21.2. The summed E-state index contributed by atoms with van der Waals surface area (Å²) in [7, 11) is 1.55. The number of Topliss-reactive ketones (excluding diaryl/α,β-unsaturated/α-hetero) is 1. The van der Waals surface area contributed by atoms with Crippen molar-refractivity contribution < 1.29 is 24.2 Å². The Hall–Kier alpha value is -4.26. The summed E-state index contributed by atoms with van der Waals surface area (Å²) in [6, 6.07) is 19.4. The number of anilines is 2. The Morgan fingerprint density at radius 1 is 1.05 bits per heavy atom. The third-order valence-corrected chi connectivity index (χ3v) is 7.08. The van der Waals surface area contributed by atoms with Crippen molar-refractivity contribution in [2.45, 2.75) is 26.3 Å². The average molecular weight is 499 g/mol. The molecular formula is C30H30N2O5. The number of rotatable bonds is 7. The Morgan fingerprint density at radius 2 is 1.81 bits per heavy atom. The van der Waals surface area contributed by atoms with Crippen LogP contribution in [0.2, 0.25) is 0 Å². The molecule has 7 nitrogen and oxygen atoms in total. The molecule has 3 aromatic carbocycles. The smallest absolute Gasteiger partial charge is 0.300 e. The van der Waals surface area contributed by atoms with Gasteiger partial charge in [0.15, 0.2) is 0 Å². The first-order chi connectivity index (χ1) is 18.0. The van der Waals surface area contributed by atoms with E-state index < -0.39 is 17.7 Å². The van der Waals surface area contributed by atoms with E-state index in [-0.39, 0.29) is 11.3 Å². The molecule has 1 N–H and O–H groups in total. The third-order valence-electron chi connectivity index (χ3n) is 7.08. The number of amides is 1. The largest absolute Gasteiger partial charge is 0.507 e. The molecule has 2 aliphatic heterocycles. The van der Waals surface area contributed by atoms with Crippen LogP contribution in [0, 0.1) is 0 Å². The van der Waals surface area contributed by atoms with E-state index >= 15 is 0 Å². The summed E-state index contributed by atoms with van der Waals surface area (Å²) in [5, 5.41) is 11.5. The molecular weight excluding hydrogens is 468 g/mol. The third kappa shape index (κ3) is 4.31. The Balaban J connectivity index is 1.67. The van der Waals surface area contributed by atoms with Gasteiger partial charge in [0, 0.05) is 42.5 Å². The summed E-state index contributed by atoms with van der Waals surface area (Å²) in [4.78, 5) is 30.6. The monoisotopic (exact) mass is 498 g/mol. The first kappa shape index (κ1) is 24.4. The molecule has 3 aromatic rings. The van der Waals surface area contributed by atoms with Gasteiger partial charge in [-0.05, 0) is 67.4 Å². The van der Waals surface area contributed by atoms with Crippen molar-refractivity contribution in [2.75, 3.05) is 36.6 Å². The lowest BCUT2D eigenvalue weighted by molar-refractivity contribution is -0.132. The van der Waals surface area contributed by atoms with Crippen molar-refractivity contribution in [1.82, 2.24) is 0 Å². The summed E-state index contributed by atoms with van der Waals surface area (Å²) < 4.78 is 11.0. The Morgan fingerprint density at radius 3 is 2.51 bits per heavy atom. The fourth-order valence-electron chi connectivity index (χ4n) is 5.12. The van der Waals surface area contributed by atoms with Crippen LogP contribution in [0.4, 0.5) is 11.4 Å². The van der Waals surface area contributed by atoms with Crippen molar-refractivity contribution in [3.05, 3.63) is 89.0 Å². The standard InChI is InChI=1S/C30H30N2O5/c1-4-31(5-2)22-12-9-19(10-13-22)27-26(28(33)21-11-14-25-20(17-21)15-16-37-25)29(34)30(35)32(27)23-7-6-8-24(18-23)36-3/h6-14,17-18,27,33H,4-5,15-16H2,1-3H3/b28-26-. The van der Waals surface area contributed by atoms with Crippen LogP contribution in [0.5, 0.6) is 11.5 Å². The van der Waals surface area contributed by atoms with Crippen LogP contribution < -0.4 is 19.3 Å². The van der Waals surface area contributed by atoms with Crippen molar-refractivity contribution >= 4 is 28.8 Å². The number of hydrogen-bond donors (Lipinski definition) is 1. The fraction of sp³-hybridized carbons (Fsp3) is 0.267. The van der Waals surface area contributed by atoms with Crippen LogP contribution in [0.15, 0.2) is 72.3 Å².